The smallest absolute Gasteiger partial charge is 0.0125 e. The van der Waals surface area contributed by atoms with E-state index in [-0.39, 0.29) is 0 Å². The van der Waals surface area contributed by atoms with Crippen LogP contribution in [0.15, 0.2) is 78.4 Å². The molecule has 158 valence electrons. The normalized spacial score (nSPS) is 18.2. The summed E-state index contributed by atoms with van der Waals surface area (Å²) in [5.41, 5.74) is 9.71. The lowest BCUT2D eigenvalue weighted by atomic mass is 9.84. The number of aryl methyl sites for hydroxylation is 1. The van der Waals surface area contributed by atoms with Crippen LogP contribution in [-0.2, 0) is 0 Å². The summed E-state index contributed by atoms with van der Waals surface area (Å²) >= 11 is 0. The highest BCUT2D eigenvalue weighted by Crippen LogP contribution is 2.48. The highest BCUT2D eigenvalue weighted by molar-refractivity contribution is 5.90. The van der Waals surface area contributed by atoms with Gasteiger partial charge in [-0.2, -0.15) is 0 Å². The van der Waals surface area contributed by atoms with Gasteiger partial charge in [0.2, 0.25) is 0 Å². The zero-order chi connectivity index (χ0) is 21.8. The second-order valence-electron chi connectivity index (χ2n) is 9.84. The standard InChI is InChI=1S/C30H38/c1-20(2)18-24(7)19-23(6)14-17-28-29(21(3)4)26-10-8-9-11-27(26)30(28)25-15-12-22(5)13-16-25/h8-17,21,23-24,29H,1,18-19H2,2-7H3/b17-14+. The Balaban J connectivity index is 2.01. The molecule has 0 aliphatic heterocycles. The van der Waals surface area contributed by atoms with E-state index < -0.39 is 0 Å². The van der Waals surface area contributed by atoms with E-state index in [4.69, 9.17) is 0 Å². The summed E-state index contributed by atoms with van der Waals surface area (Å²) in [5, 5.41) is 0. The Morgan fingerprint density at radius 2 is 1.67 bits per heavy atom. The van der Waals surface area contributed by atoms with Crippen molar-refractivity contribution < 1.29 is 0 Å². The fourth-order valence-electron chi connectivity index (χ4n) is 5.08. The molecular weight excluding hydrogens is 360 g/mol. The molecule has 0 saturated heterocycles. The third-order valence-corrected chi connectivity index (χ3v) is 6.27. The molecule has 1 aliphatic carbocycles. The van der Waals surface area contributed by atoms with Gasteiger partial charge in [-0.15, -0.1) is 6.58 Å². The SMILES string of the molecule is C=C(C)CC(C)CC(C)/C=C/C1=C(c2ccc(C)cc2)c2ccccc2C1C(C)C. The van der Waals surface area contributed by atoms with Gasteiger partial charge in [-0.1, -0.05) is 99.5 Å². The number of hydrogen-bond acceptors (Lipinski definition) is 0. The van der Waals surface area contributed by atoms with Crippen LogP contribution in [-0.4, -0.2) is 0 Å². The second-order valence-corrected chi connectivity index (χ2v) is 9.84. The van der Waals surface area contributed by atoms with E-state index in [9.17, 15) is 0 Å². The minimum Gasteiger partial charge on any atom is -0.100 e. The van der Waals surface area contributed by atoms with Crippen molar-refractivity contribution in [2.24, 2.45) is 17.8 Å². The van der Waals surface area contributed by atoms with Crippen LogP contribution in [0, 0.1) is 24.7 Å². The fraction of sp³-hybridized carbons (Fsp3) is 0.400. The Morgan fingerprint density at radius 3 is 2.30 bits per heavy atom. The van der Waals surface area contributed by atoms with Gasteiger partial charge in [-0.3, -0.25) is 0 Å². The Kier molecular flexibility index (Phi) is 7.19. The average molecular weight is 399 g/mol. The molecule has 0 N–H and O–H groups in total. The molecule has 1 aliphatic rings. The van der Waals surface area contributed by atoms with E-state index in [0.717, 1.165) is 6.42 Å². The van der Waals surface area contributed by atoms with Gasteiger partial charge in [0.15, 0.2) is 0 Å². The molecule has 0 nitrogen and oxygen atoms in total. The van der Waals surface area contributed by atoms with Crippen LogP contribution in [0.25, 0.3) is 5.57 Å². The van der Waals surface area contributed by atoms with Crippen LogP contribution >= 0.6 is 0 Å². The minimum absolute atomic E-state index is 0.453. The van der Waals surface area contributed by atoms with Crippen LogP contribution in [0.5, 0.6) is 0 Å². The molecule has 2 aromatic carbocycles. The molecule has 0 fully saturated rings. The maximum absolute atomic E-state index is 4.09. The van der Waals surface area contributed by atoms with E-state index in [1.54, 1.807) is 0 Å². The largest absolute Gasteiger partial charge is 0.100 e. The summed E-state index contributed by atoms with van der Waals surface area (Å²) in [5.74, 6) is 2.25. The summed E-state index contributed by atoms with van der Waals surface area (Å²) in [6.45, 7) is 17.8. The summed E-state index contributed by atoms with van der Waals surface area (Å²) in [6.07, 6.45) is 7.21. The Bertz CT molecular complexity index is 936. The molecule has 0 saturated carbocycles. The van der Waals surface area contributed by atoms with Gasteiger partial charge in [0.05, 0.1) is 0 Å². The summed E-state index contributed by atoms with van der Waals surface area (Å²) in [4.78, 5) is 0. The Labute approximate surface area is 184 Å². The molecule has 0 radical (unpaired) electrons. The molecule has 3 atom stereocenters. The van der Waals surface area contributed by atoms with E-state index in [0.29, 0.717) is 23.7 Å². The molecule has 30 heavy (non-hydrogen) atoms. The quantitative estimate of drug-likeness (QED) is 0.390. The molecule has 3 unspecified atom stereocenters. The summed E-state index contributed by atoms with van der Waals surface area (Å²) < 4.78 is 0. The molecular formula is C30H38. The van der Waals surface area contributed by atoms with Gasteiger partial charge in [-0.05, 0) is 72.3 Å². The number of hydrogen-bond donors (Lipinski definition) is 0. The number of fused-ring (bicyclic) bond motifs is 1. The zero-order valence-corrected chi connectivity index (χ0v) is 19.7. The molecule has 0 amide bonds. The number of allylic oxidation sites excluding steroid dienone is 4. The molecule has 0 bridgehead atoms. The van der Waals surface area contributed by atoms with Crippen LogP contribution < -0.4 is 0 Å². The summed E-state index contributed by atoms with van der Waals surface area (Å²) in [7, 11) is 0. The van der Waals surface area contributed by atoms with E-state index in [1.165, 1.54) is 45.4 Å². The van der Waals surface area contributed by atoms with Crippen LogP contribution in [0.3, 0.4) is 0 Å². The van der Waals surface area contributed by atoms with E-state index in [1.807, 2.05) is 0 Å². The molecule has 3 rings (SSSR count). The average Bonchev–Trinajstić information content (AvgIpc) is 3.00. The monoisotopic (exact) mass is 398 g/mol. The van der Waals surface area contributed by atoms with Crippen molar-refractivity contribution in [2.45, 2.75) is 60.3 Å². The van der Waals surface area contributed by atoms with Gasteiger partial charge in [-0.25, -0.2) is 0 Å². The first-order chi connectivity index (χ1) is 14.3. The van der Waals surface area contributed by atoms with Gasteiger partial charge >= 0.3 is 0 Å². The first-order valence-electron chi connectivity index (χ1n) is 11.5. The number of rotatable bonds is 8. The predicted molar refractivity (Wildman–Crippen MR) is 133 cm³/mol. The van der Waals surface area contributed by atoms with Crippen LogP contribution in [0.2, 0.25) is 0 Å². The van der Waals surface area contributed by atoms with Crippen molar-refractivity contribution >= 4 is 5.57 Å². The maximum Gasteiger partial charge on any atom is 0.0125 e. The van der Waals surface area contributed by atoms with Crippen LogP contribution in [0.1, 0.15) is 75.6 Å². The van der Waals surface area contributed by atoms with Gasteiger partial charge < -0.3 is 0 Å². The zero-order valence-electron chi connectivity index (χ0n) is 19.7. The lowest BCUT2D eigenvalue weighted by Gasteiger charge is -2.20. The number of benzene rings is 2. The van der Waals surface area contributed by atoms with E-state index >= 15 is 0 Å². The van der Waals surface area contributed by atoms with Gasteiger partial charge in [0.1, 0.15) is 0 Å². The maximum atomic E-state index is 4.09. The minimum atomic E-state index is 0.453. The topological polar surface area (TPSA) is 0 Å². The lowest BCUT2D eigenvalue weighted by Crippen LogP contribution is -2.06. The van der Waals surface area contributed by atoms with Crippen molar-refractivity contribution in [1.29, 1.82) is 0 Å². The lowest BCUT2D eigenvalue weighted by molar-refractivity contribution is 0.463. The molecule has 0 heterocycles. The van der Waals surface area contributed by atoms with Crippen molar-refractivity contribution in [3.63, 3.8) is 0 Å². The Hall–Kier alpha value is -2.34. The molecule has 0 spiro atoms. The third-order valence-electron chi connectivity index (χ3n) is 6.27. The van der Waals surface area contributed by atoms with Crippen LogP contribution in [0.4, 0.5) is 0 Å². The third kappa shape index (κ3) is 5.04. The fourth-order valence-corrected chi connectivity index (χ4v) is 5.08. The first kappa shape index (κ1) is 22.3. The van der Waals surface area contributed by atoms with Crippen molar-refractivity contribution in [3.8, 4) is 0 Å². The van der Waals surface area contributed by atoms with Crippen molar-refractivity contribution in [3.05, 3.63) is 101 Å². The second kappa shape index (κ2) is 9.65. The van der Waals surface area contributed by atoms with Crippen molar-refractivity contribution in [2.75, 3.05) is 0 Å². The van der Waals surface area contributed by atoms with Gasteiger partial charge in [0, 0.05) is 5.92 Å². The molecule has 2 aromatic rings. The first-order valence-corrected chi connectivity index (χ1v) is 11.5. The van der Waals surface area contributed by atoms with Crippen molar-refractivity contribution in [1.82, 2.24) is 0 Å². The molecule has 0 heteroatoms. The predicted octanol–water partition coefficient (Wildman–Crippen LogP) is 8.73. The summed E-state index contributed by atoms with van der Waals surface area (Å²) in [6, 6.07) is 18.0. The highest BCUT2D eigenvalue weighted by Gasteiger charge is 2.32. The van der Waals surface area contributed by atoms with Gasteiger partial charge in [0.25, 0.3) is 0 Å². The highest BCUT2D eigenvalue weighted by atomic mass is 14.4. The van der Waals surface area contributed by atoms with E-state index in [2.05, 4.69) is 109 Å². The molecule has 0 aromatic heterocycles. The Morgan fingerprint density at radius 1 is 1.00 bits per heavy atom.